The van der Waals surface area contributed by atoms with Crippen molar-refractivity contribution in [1.29, 1.82) is 0 Å². The van der Waals surface area contributed by atoms with Gasteiger partial charge >= 0.3 is 0 Å². The molecule has 0 bridgehead atoms. The molecule has 6 heteroatoms. The number of benzene rings is 2. The lowest BCUT2D eigenvalue weighted by Crippen LogP contribution is -2.47. The summed E-state index contributed by atoms with van der Waals surface area (Å²) >= 11 is 0. The van der Waals surface area contributed by atoms with E-state index in [9.17, 15) is 0 Å². The molecule has 0 atom stereocenters. The number of hydrogen-bond donors (Lipinski definition) is 1. The summed E-state index contributed by atoms with van der Waals surface area (Å²) in [6.45, 7) is 6.65. The number of rotatable bonds is 6. The third-order valence-electron chi connectivity index (χ3n) is 5.12. The van der Waals surface area contributed by atoms with Crippen LogP contribution in [0.1, 0.15) is 13.3 Å². The highest BCUT2D eigenvalue weighted by Crippen LogP contribution is 2.29. The fourth-order valence-electron chi connectivity index (χ4n) is 3.62. The summed E-state index contributed by atoms with van der Waals surface area (Å²) in [4.78, 5) is 14.3. The molecule has 2 heterocycles. The molecule has 0 saturated carbocycles. The van der Waals surface area contributed by atoms with Crippen LogP contribution in [0.3, 0.4) is 0 Å². The Morgan fingerprint density at radius 1 is 0.929 bits per heavy atom. The summed E-state index contributed by atoms with van der Waals surface area (Å²) < 4.78 is 5.52. The van der Waals surface area contributed by atoms with Crippen molar-refractivity contribution in [3.8, 4) is 5.75 Å². The van der Waals surface area contributed by atoms with Gasteiger partial charge in [-0.1, -0.05) is 31.2 Å². The summed E-state index contributed by atoms with van der Waals surface area (Å²) in [6, 6.07) is 16.4. The van der Waals surface area contributed by atoms with Gasteiger partial charge in [0.2, 0.25) is 5.95 Å². The molecule has 1 aliphatic rings. The quantitative estimate of drug-likeness (QED) is 0.705. The van der Waals surface area contributed by atoms with Gasteiger partial charge in [0.1, 0.15) is 11.6 Å². The number of para-hydroxylation sites is 3. The number of nitrogens with zero attached hydrogens (tertiary/aromatic N) is 4. The van der Waals surface area contributed by atoms with Crippen molar-refractivity contribution in [2.75, 3.05) is 55.0 Å². The minimum Gasteiger partial charge on any atom is -0.495 e. The van der Waals surface area contributed by atoms with Crippen molar-refractivity contribution in [2.24, 2.45) is 0 Å². The average molecular weight is 377 g/mol. The second-order valence-corrected chi connectivity index (χ2v) is 6.96. The van der Waals surface area contributed by atoms with Crippen LogP contribution in [-0.2, 0) is 0 Å². The van der Waals surface area contributed by atoms with E-state index in [0.29, 0.717) is 0 Å². The monoisotopic (exact) mass is 377 g/mol. The van der Waals surface area contributed by atoms with Gasteiger partial charge in [0, 0.05) is 38.1 Å². The first-order valence-electron chi connectivity index (χ1n) is 9.93. The third-order valence-corrected chi connectivity index (χ3v) is 5.12. The summed E-state index contributed by atoms with van der Waals surface area (Å²) in [7, 11) is 1.73. The van der Waals surface area contributed by atoms with Gasteiger partial charge in [-0.15, -0.1) is 0 Å². The average Bonchev–Trinajstić information content (AvgIpc) is 2.77. The third kappa shape index (κ3) is 3.67. The Morgan fingerprint density at radius 2 is 1.64 bits per heavy atom. The highest BCUT2D eigenvalue weighted by molar-refractivity contribution is 5.90. The minimum absolute atomic E-state index is 0.803. The normalized spacial score (nSPS) is 14.4. The highest BCUT2D eigenvalue weighted by atomic mass is 16.5. The number of anilines is 3. The SMILES string of the molecule is CCCNc1nc(N2CCN(c3ccccc3OC)CC2)nc2ccccc12. The summed E-state index contributed by atoms with van der Waals surface area (Å²) in [5.74, 6) is 2.65. The van der Waals surface area contributed by atoms with Crippen LogP contribution in [0.4, 0.5) is 17.5 Å². The fraction of sp³-hybridized carbons (Fsp3) is 0.364. The molecule has 1 fully saturated rings. The van der Waals surface area contributed by atoms with Crippen molar-refractivity contribution >= 4 is 28.4 Å². The molecule has 3 aromatic rings. The largest absolute Gasteiger partial charge is 0.495 e. The highest BCUT2D eigenvalue weighted by Gasteiger charge is 2.22. The Bertz CT molecular complexity index is 937. The minimum atomic E-state index is 0.803. The number of fused-ring (bicyclic) bond motifs is 1. The molecular weight excluding hydrogens is 350 g/mol. The molecule has 146 valence electrons. The number of aromatic nitrogens is 2. The maximum absolute atomic E-state index is 5.52. The van der Waals surface area contributed by atoms with Gasteiger partial charge in [0.15, 0.2) is 0 Å². The standard InChI is InChI=1S/C22H27N5O/c1-3-12-23-21-17-8-4-5-9-18(17)24-22(25-21)27-15-13-26(14-16-27)19-10-6-7-11-20(19)28-2/h4-11H,3,12-16H2,1-2H3,(H,23,24,25). The zero-order chi connectivity index (χ0) is 19.3. The van der Waals surface area contributed by atoms with Crippen LogP contribution in [0.15, 0.2) is 48.5 Å². The lowest BCUT2D eigenvalue weighted by Gasteiger charge is -2.36. The molecular formula is C22H27N5O. The van der Waals surface area contributed by atoms with Crippen LogP contribution in [0.2, 0.25) is 0 Å². The van der Waals surface area contributed by atoms with Crippen LogP contribution in [0, 0.1) is 0 Å². The Balaban J connectivity index is 1.55. The van der Waals surface area contributed by atoms with Crippen LogP contribution >= 0.6 is 0 Å². The molecule has 0 radical (unpaired) electrons. The Labute approximate surface area is 166 Å². The van der Waals surface area contributed by atoms with Gasteiger partial charge in [-0.25, -0.2) is 4.98 Å². The molecule has 1 aliphatic heterocycles. The van der Waals surface area contributed by atoms with E-state index in [1.54, 1.807) is 7.11 Å². The van der Waals surface area contributed by atoms with Crippen molar-refractivity contribution in [2.45, 2.75) is 13.3 Å². The predicted molar refractivity (Wildman–Crippen MR) is 116 cm³/mol. The topological polar surface area (TPSA) is 53.5 Å². The number of nitrogens with one attached hydrogen (secondary N) is 1. The molecule has 2 aromatic carbocycles. The van der Waals surface area contributed by atoms with E-state index < -0.39 is 0 Å². The van der Waals surface area contributed by atoms with Crippen molar-refractivity contribution in [3.63, 3.8) is 0 Å². The van der Waals surface area contributed by atoms with Crippen LogP contribution < -0.4 is 19.9 Å². The van der Waals surface area contributed by atoms with E-state index in [2.05, 4.69) is 46.3 Å². The first kappa shape index (κ1) is 18.3. The zero-order valence-corrected chi connectivity index (χ0v) is 16.6. The summed E-state index contributed by atoms with van der Waals surface area (Å²) in [5, 5.41) is 4.54. The summed E-state index contributed by atoms with van der Waals surface area (Å²) in [6.07, 6.45) is 1.06. The number of hydrogen-bond acceptors (Lipinski definition) is 6. The Kier molecular flexibility index (Phi) is 5.46. The maximum Gasteiger partial charge on any atom is 0.228 e. The van der Waals surface area contributed by atoms with Crippen LogP contribution in [0.25, 0.3) is 10.9 Å². The first-order chi connectivity index (χ1) is 13.8. The van der Waals surface area contributed by atoms with E-state index in [1.807, 2.05) is 24.3 Å². The second-order valence-electron chi connectivity index (χ2n) is 6.96. The molecule has 0 aliphatic carbocycles. The predicted octanol–water partition coefficient (Wildman–Crippen LogP) is 3.79. The van der Waals surface area contributed by atoms with Crippen molar-refractivity contribution in [1.82, 2.24) is 9.97 Å². The first-order valence-corrected chi connectivity index (χ1v) is 9.93. The van der Waals surface area contributed by atoms with Crippen molar-refractivity contribution < 1.29 is 4.74 Å². The maximum atomic E-state index is 5.52. The molecule has 4 rings (SSSR count). The van der Waals surface area contributed by atoms with Gasteiger partial charge in [-0.3, -0.25) is 0 Å². The second kappa shape index (κ2) is 8.33. The van der Waals surface area contributed by atoms with E-state index in [-0.39, 0.29) is 0 Å². The van der Waals surface area contributed by atoms with E-state index >= 15 is 0 Å². The van der Waals surface area contributed by atoms with Crippen LogP contribution in [-0.4, -0.2) is 49.8 Å². The van der Waals surface area contributed by atoms with Gasteiger partial charge in [-0.05, 0) is 30.7 Å². The van der Waals surface area contributed by atoms with E-state index in [0.717, 1.165) is 73.3 Å². The Morgan fingerprint density at radius 3 is 2.43 bits per heavy atom. The molecule has 1 aromatic heterocycles. The molecule has 0 unspecified atom stereocenters. The van der Waals surface area contributed by atoms with Gasteiger partial charge in [0.25, 0.3) is 0 Å². The van der Waals surface area contributed by atoms with Gasteiger partial charge in [0.05, 0.1) is 18.3 Å². The molecule has 6 nitrogen and oxygen atoms in total. The lowest BCUT2D eigenvalue weighted by atomic mass is 10.2. The van der Waals surface area contributed by atoms with Gasteiger partial charge < -0.3 is 19.9 Å². The number of methoxy groups -OCH3 is 1. The lowest BCUT2D eigenvalue weighted by molar-refractivity contribution is 0.413. The molecule has 0 amide bonds. The number of piperazine rings is 1. The molecule has 28 heavy (non-hydrogen) atoms. The zero-order valence-electron chi connectivity index (χ0n) is 16.6. The van der Waals surface area contributed by atoms with Crippen LogP contribution in [0.5, 0.6) is 5.75 Å². The van der Waals surface area contributed by atoms with E-state index in [4.69, 9.17) is 14.7 Å². The molecule has 0 spiro atoms. The van der Waals surface area contributed by atoms with E-state index in [1.165, 1.54) is 0 Å². The number of ether oxygens (including phenoxy) is 1. The fourth-order valence-corrected chi connectivity index (χ4v) is 3.62. The van der Waals surface area contributed by atoms with Crippen molar-refractivity contribution in [3.05, 3.63) is 48.5 Å². The Hall–Kier alpha value is -3.02. The molecule has 1 N–H and O–H groups in total. The smallest absolute Gasteiger partial charge is 0.228 e. The summed E-state index contributed by atoms with van der Waals surface area (Å²) in [5.41, 5.74) is 2.13. The van der Waals surface area contributed by atoms with Gasteiger partial charge in [-0.2, -0.15) is 4.98 Å². The molecule has 1 saturated heterocycles.